The van der Waals surface area contributed by atoms with Crippen molar-refractivity contribution in [1.82, 2.24) is 5.48 Å². The molecule has 0 saturated carbocycles. The van der Waals surface area contributed by atoms with Gasteiger partial charge in [0.1, 0.15) is 5.84 Å². The van der Waals surface area contributed by atoms with Crippen LogP contribution in [0.1, 0.15) is 27.7 Å². The third-order valence-electron chi connectivity index (χ3n) is 1.35. The molecule has 3 nitrogen and oxygen atoms in total. The third kappa shape index (κ3) is 1.48. The number of nitrogens with zero attached hydrogens (tertiary/aromatic N) is 1. The highest BCUT2D eigenvalue weighted by molar-refractivity contribution is 5.87. The highest BCUT2D eigenvalue weighted by Crippen LogP contribution is 2.18. The highest BCUT2D eigenvalue weighted by Gasteiger charge is 2.24. The predicted molar refractivity (Wildman–Crippen MR) is 40.6 cm³/mol. The first-order valence-corrected chi connectivity index (χ1v) is 3.50. The van der Waals surface area contributed by atoms with Crippen molar-refractivity contribution in [3.8, 4) is 0 Å². The van der Waals surface area contributed by atoms with Gasteiger partial charge in [-0.25, -0.2) is 9.83 Å². The molecule has 1 heterocycles. The summed E-state index contributed by atoms with van der Waals surface area (Å²) in [6, 6.07) is 0. The number of hydrogen-bond donors (Lipinski definition) is 1. The Hall–Kier alpha value is -0.570. The van der Waals surface area contributed by atoms with Gasteiger partial charge in [-0.2, -0.15) is 0 Å². The van der Waals surface area contributed by atoms with E-state index in [1.807, 2.05) is 6.92 Å². The zero-order valence-corrected chi connectivity index (χ0v) is 6.93. The van der Waals surface area contributed by atoms with Crippen molar-refractivity contribution in [2.24, 2.45) is 10.4 Å². The van der Waals surface area contributed by atoms with Crippen LogP contribution in [0.3, 0.4) is 0 Å². The predicted octanol–water partition coefficient (Wildman–Crippen LogP) is 1.31. The van der Waals surface area contributed by atoms with Gasteiger partial charge in [-0.15, -0.1) is 0 Å². The summed E-state index contributed by atoms with van der Waals surface area (Å²) in [5.41, 5.74) is 2.87. The normalized spacial score (nSPS) is 26.0. The Labute approximate surface area is 61.4 Å². The second kappa shape index (κ2) is 2.23. The molecule has 1 aliphatic rings. The molecule has 1 atom stereocenters. The lowest BCUT2D eigenvalue weighted by molar-refractivity contribution is 0.0480. The van der Waals surface area contributed by atoms with E-state index in [9.17, 15) is 0 Å². The van der Waals surface area contributed by atoms with Crippen LogP contribution in [0.4, 0.5) is 0 Å². The zero-order chi connectivity index (χ0) is 7.78. The van der Waals surface area contributed by atoms with Crippen LogP contribution in [0, 0.1) is 5.41 Å². The first kappa shape index (κ1) is 7.54. The fraction of sp³-hybridized carbons (Fsp3) is 0.857. The van der Waals surface area contributed by atoms with Crippen molar-refractivity contribution in [3.63, 3.8) is 0 Å². The van der Waals surface area contributed by atoms with Gasteiger partial charge in [-0.1, -0.05) is 20.8 Å². The Morgan fingerprint density at radius 3 is 2.30 bits per heavy atom. The molecule has 0 bridgehead atoms. The Kier molecular flexibility index (Phi) is 1.68. The number of hydroxylamine groups is 1. The van der Waals surface area contributed by atoms with E-state index >= 15 is 0 Å². The second-order valence-corrected chi connectivity index (χ2v) is 3.55. The van der Waals surface area contributed by atoms with E-state index in [0.29, 0.717) is 0 Å². The van der Waals surface area contributed by atoms with Gasteiger partial charge in [0.2, 0.25) is 0 Å². The van der Waals surface area contributed by atoms with Crippen LogP contribution in [0.2, 0.25) is 0 Å². The Balaban J connectivity index is 2.67. The van der Waals surface area contributed by atoms with Crippen LogP contribution in [0.15, 0.2) is 4.99 Å². The monoisotopic (exact) mass is 142 g/mol. The molecular weight excluding hydrogens is 128 g/mol. The van der Waals surface area contributed by atoms with Gasteiger partial charge >= 0.3 is 0 Å². The summed E-state index contributed by atoms with van der Waals surface area (Å²) in [6.45, 7) is 8.20. The smallest absolute Gasteiger partial charge is 0.174 e. The summed E-state index contributed by atoms with van der Waals surface area (Å²) in [4.78, 5) is 9.28. The summed E-state index contributed by atoms with van der Waals surface area (Å²) in [7, 11) is 0. The van der Waals surface area contributed by atoms with Crippen LogP contribution in [0.5, 0.6) is 0 Å². The van der Waals surface area contributed by atoms with Crippen molar-refractivity contribution in [2.45, 2.75) is 33.9 Å². The molecule has 10 heavy (non-hydrogen) atoms. The first-order valence-electron chi connectivity index (χ1n) is 3.50. The molecule has 1 aliphatic heterocycles. The maximum Gasteiger partial charge on any atom is 0.174 e. The van der Waals surface area contributed by atoms with Crippen molar-refractivity contribution < 1.29 is 4.84 Å². The number of amidine groups is 1. The maximum atomic E-state index is 5.04. The van der Waals surface area contributed by atoms with Gasteiger partial charge in [0.05, 0.1) is 0 Å². The van der Waals surface area contributed by atoms with Crippen molar-refractivity contribution in [3.05, 3.63) is 0 Å². The van der Waals surface area contributed by atoms with Crippen molar-refractivity contribution in [2.75, 3.05) is 0 Å². The Bertz CT molecular complexity index is 157. The van der Waals surface area contributed by atoms with Crippen molar-refractivity contribution in [1.29, 1.82) is 0 Å². The first-order chi connectivity index (χ1) is 4.50. The SMILES string of the molecule is CC1N=C(C(C)(C)C)NO1. The largest absolute Gasteiger partial charge is 0.250 e. The number of hydrogen-bond acceptors (Lipinski definition) is 3. The molecular formula is C7H14N2O. The summed E-state index contributed by atoms with van der Waals surface area (Å²) in [5, 5.41) is 0. The quantitative estimate of drug-likeness (QED) is 0.553. The van der Waals surface area contributed by atoms with E-state index in [-0.39, 0.29) is 11.6 Å². The minimum Gasteiger partial charge on any atom is -0.250 e. The van der Waals surface area contributed by atoms with Gasteiger partial charge in [0.15, 0.2) is 6.23 Å². The molecule has 58 valence electrons. The summed E-state index contributed by atoms with van der Waals surface area (Å²) in [6.07, 6.45) is -0.0331. The second-order valence-electron chi connectivity index (χ2n) is 3.55. The Morgan fingerprint density at radius 2 is 2.10 bits per heavy atom. The van der Waals surface area contributed by atoms with Gasteiger partial charge < -0.3 is 0 Å². The molecule has 0 aliphatic carbocycles. The average Bonchev–Trinajstić information content (AvgIpc) is 2.11. The molecule has 1 rings (SSSR count). The molecule has 1 unspecified atom stereocenters. The fourth-order valence-electron chi connectivity index (χ4n) is 0.722. The van der Waals surface area contributed by atoms with Crippen LogP contribution in [-0.4, -0.2) is 12.1 Å². The van der Waals surface area contributed by atoms with E-state index in [1.165, 1.54) is 0 Å². The third-order valence-corrected chi connectivity index (χ3v) is 1.35. The topological polar surface area (TPSA) is 33.6 Å². The summed E-state index contributed by atoms with van der Waals surface area (Å²) in [5.74, 6) is 0.931. The fourth-order valence-corrected chi connectivity index (χ4v) is 0.722. The van der Waals surface area contributed by atoms with Crippen LogP contribution >= 0.6 is 0 Å². The lowest BCUT2D eigenvalue weighted by Gasteiger charge is -2.16. The molecule has 0 radical (unpaired) electrons. The molecule has 3 heteroatoms. The molecule has 0 saturated heterocycles. The minimum absolute atomic E-state index is 0.0331. The van der Waals surface area contributed by atoms with E-state index in [4.69, 9.17) is 4.84 Å². The molecule has 0 aromatic carbocycles. The van der Waals surface area contributed by atoms with Crippen LogP contribution in [0.25, 0.3) is 0 Å². The average molecular weight is 142 g/mol. The minimum atomic E-state index is -0.0331. The van der Waals surface area contributed by atoms with Gasteiger partial charge in [-0.3, -0.25) is 5.48 Å². The molecule has 0 amide bonds. The standard InChI is InChI=1S/C7H14N2O/c1-5-8-6(9-10-5)7(2,3)4/h5H,1-4H3,(H,8,9). The molecule has 0 fully saturated rings. The van der Waals surface area contributed by atoms with E-state index < -0.39 is 0 Å². The number of aliphatic imine (C=N–C) groups is 1. The molecule has 1 N–H and O–H groups in total. The van der Waals surface area contributed by atoms with Crippen LogP contribution in [-0.2, 0) is 4.84 Å². The lowest BCUT2D eigenvalue weighted by atomic mass is 9.95. The lowest BCUT2D eigenvalue weighted by Crippen LogP contribution is -2.30. The number of rotatable bonds is 0. The van der Waals surface area contributed by atoms with E-state index in [2.05, 4.69) is 31.2 Å². The zero-order valence-electron chi connectivity index (χ0n) is 6.93. The molecule has 0 aromatic heterocycles. The van der Waals surface area contributed by atoms with Gasteiger partial charge in [0, 0.05) is 5.41 Å². The van der Waals surface area contributed by atoms with E-state index in [0.717, 1.165) is 5.84 Å². The summed E-state index contributed by atoms with van der Waals surface area (Å²) >= 11 is 0. The van der Waals surface area contributed by atoms with Gasteiger partial charge in [-0.05, 0) is 6.92 Å². The Morgan fingerprint density at radius 1 is 1.50 bits per heavy atom. The molecule has 0 aromatic rings. The molecule has 0 spiro atoms. The maximum absolute atomic E-state index is 5.04. The number of nitrogens with one attached hydrogen (secondary N) is 1. The van der Waals surface area contributed by atoms with E-state index in [1.54, 1.807) is 0 Å². The van der Waals surface area contributed by atoms with Crippen LogP contribution < -0.4 is 5.48 Å². The van der Waals surface area contributed by atoms with Gasteiger partial charge in [0.25, 0.3) is 0 Å². The highest BCUT2D eigenvalue weighted by atomic mass is 16.7. The van der Waals surface area contributed by atoms with Crippen molar-refractivity contribution >= 4 is 5.84 Å². The summed E-state index contributed by atoms with van der Waals surface area (Å²) < 4.78 is 0.